The van der Waals surface area contributed by atoms with Gasteiger partial charge in [0.15, 0.2) is 6.10 Å². The summed E-state index contributed by atoms with van der Waals surface area (Å²) in [5, 5.41) is 2.87. The van der Waals surface area contributed by atoms with Gasteiger partial charge in [-0.2, -0.15) is 0 Å². The molecular weight excluding hydrogens is 352 g/mol. The van der Waals surface area contributed by atoms with Crippen LogP contribution in [0.4, 0.5) is 11.4 Å². The zero-order valence-corrected chi connectivity index (χ0v) is 16.4. The van der Waals surface area contributed by atoms with Crippen molar-refractivity contribution in [3.63, 3.8) is 0 Å². The summed E-state index contributed by atoms with van der Waals surface area (Å²) >= 11 is 0. The van der Waals surface area contributed by atoms with Gasteiger partial charge in [-0.3, -0.25) is 9.10 Å². The first-order valence-electron chi connectivity index (χ1n) is 8.17. The molecule has 1 N–H and O–H groups in total. The first-order valence-corrected chi connectivity index (χ1v) is 10.0. The third kappa shape index (κ3) is 4.76. The summed E-state index contributed by atoms with van der Waals surface area (Å²) in [7, 11) is -1.84. The van der Waals surface area contributed by atoms with Crippen molar-refractivity contribution < 1.29 is 17.9 Å². The predicted molar refractivity (Wildman–Crippen MR) is 104 cm³/mol. The first kappa shape index (κ1) is 19.8. The Morgan fingerprint density at radius 2 is 1.73 bits per heavy atom. The van der Waals surface area contributed by atoms with Crippen LogP contribution in [-0.2, 0) is 14.8 Å². The summed E-state index contributed by atoms with van der Waals surface area (Å²) in [4.78, 5) is 12.4. The minimum absolute atomic E-state index is 0.254. The molecule has 1 amide bonds. The summed E-state index contributed by atoms with van der Waals surface area (Å²) in [6.07, 6.45) is 0.435. The Hall–Kier alpha value is -2.54. The van der Waals surface area contributed by atoms with E-state index in [1.54, 1.807) is 31.2 Å². The van der Waals surface area contributed by atoms with Gasteiger partial charge in [0.05, 0.1) is 11.9 Å². The van der Waals surface area contributed by atoms with Crippen molar-refractivity contribution in [1.82, 2.24) is 0 Å². The van der Waals surface area contributed by atoms with Crippen molar-refractivity contribution in [3.05, 3.63) is 53.6 Å². The Morgan fingerprint density at radius 1 is 1.12 bits per heavy atom. The number of carbonyl (C=O) groups excluding carboxylic acids is 1. The van der Waals surface area contributed by atoms with Crippen molar-refractivity contribution in [2.45, 2.75) is 26.9 Å². The van der Waals surface area contributed by atoms with Gasteiger partial charge >= 0.3 is 0 Å². The number of ether oxygens (including phenoxy) is 1. The van der Waals surface area contributed by atoms with Crippen LogP contribution < -0.4 is 14.4 Å². The fourth-order valence-corrected chi connectivity index (χ4v) is 2.81. The van der Waals surface area contributed by atoms with Crippen LogP contribution in [0, 0.1) is 13.8 Å². The first-order chi connectivity index (χ1) is 12.1. The van der Waals surface area contributed by atoms with Gasteiger partial charge in [-0.15, -0.1) is 0 Å². The van der Waals surface area contributed by atoms with E-state index in [0.29, 0.717) is 11.4 Å². The lowest BCUT2D eigenvalue weighted by Crippen LogP contribution is -2.30. The van der Waals surface area contributed by atoms with E-state index in [2.05, 4.69) is 5.32 Å². The van der Waals surface area contributed by atoms with Crippen molar-refractivity contribution in [3.8, 4) is 5.75 Å². The average Bonchev–Trinajstić information content (AvgIpc) is 2.58. The van der Waals surface area contributed by atoms with Gasteiger partial charge in [0, 0.05) is 12.7 Å². The molecule has 140 valence electrons. The molecule has 0 saturated heterocycles. The van der Waals surface area contributed by atoms with E-state index in [1.807, 2.05) is 32.0 Å². The lowest BCUT2D eigenvalue weighted by Gasteiger charge is -2.18. The zero-order valence-electron chi connectivity index (χ0n) is 15.6. The summed E-state index contributed by atoms with van der Waals surface area (Å²) in [5.74, 6) is 0.232. The van der Waals surface area contributed by atoms with Crippen molar-refractivity contribution in [2.75, 3.05) is 22.9 Å². The number of amides is 1. The highest BCUT2D eigenvalue weighted by atomic mass is 32.2. The summed E-state index contributed by atoms with van der Waals surface area (Å²) in [6.45, 7) is 5.60. The third-order valence-corrected chi connectivity index (χ3v) is 5.45. The molecule has 0 saturated carbocycles. The molecule has 0 aliphatic carbocycles. The number of hydrogen-bond donors (Lipinski definition) is 1. The second kappa shape index (κ2) is 7.78. The molecule has 6 nitrogen and oxygen atoms in total. The van der Waals surface area contributed by atoms with E-state index in [0.717, 1.165) is 23.1 Å². The Labute approximate surface area is 154 Å². The molecule has 0 unspecified atom stereocenters. The highest BCUT2D eigenvalue weighted by Crippen LogP contribution is 2.22. The Bertz CT molecular complexity index is 892. The van der Waals surface area contributed by atoms with Gasteiger partial charge in [-0.1, -0.05) is 12.1 Å². The van der Waals surface area contributed by atoms with Crippen LogP contribution in [0.2, 0.25) is 0 Å². The molecule has 2 aromatic carbocycles. The van der Waals surface area contributed by atoms with Gasteiger partial charge in [-0.05, 0) is 62.2 Å². The Balaban J connectivity index is 2.04. The number of rotatable bonds is 6. The SMILES string of the molecule is Cc1cccc(NC(=O)[C@H](C)Oc2ccc(N(C)S(C)(=O)=O)cc2)c1C. The van der Waals surface area contributed by atoms with Crippen LogP contribution in [0.5, 0.6) is 5.75 Å². The zero-order chi connectivity index (χ0) is 19.5. The second-order valence-electron chi connectivity index (χ2n) is 6.22. The van der Waals surface area contributed by atoms with Crippen LogP contribution in [0.25, 0.3) is 0 Å². The molecule has 0 aliphatic heterocycles. The highest BCUT2D eigenvalue weighted by Gasteiger charge is 2.17. The monoisotopic (exact) mass is 376 g/mol. The second-order valence-corrected chi connectivity index (χ2v) is 8.23. The van der Waals surface area contributed by atoms with Crippen LogP contribution >= 0.6 is 0 Å². The van der Waals surface area contributed by atoms with Crippen LogP contribution in [-0.4, -0.2) is 33.7 Å². The molecule has 0 fully saturated rings. The van der Waals surface area contributed by atoms with E-state index < -0.39 is 16.1 Å². The standard InChI is InChI=1S/C19H24N2O4S/c1-13-7-6-8-18(14(13)2)20-19(22)15(3)25-17-11-9-16(10-12-17)21(4)26(5,23)24/h6-12,15H,1-5H3,(H,20,22)/t15-/m0/s1. The van der Waals surface area contributed by atoms with Crippen LogP contribution in [0.3, 0.4) is 0 Å². The highest BCUT2D eigenvalue weighted by molar-refractivity contribution is 7.92. The maximum Gasteiger partial charge on any atom is 0.265 e. The molecule has 0 aliphatic rings. The molecule has 0 radical (unpaired) electrons. The van der Waals surface area contributed by atoms with E-state index in [-0.39, 0.29) is 5.91 Å². The fraction of sp³-hybridized carbons (Fsp3) is 0.316. The molecule has 2 aromatic rings. The van der Waals surface area contributed by atoms with E-state index in [4.69, 9.17) is 4.74 Å². The fourth-order valence-electron chi connectivity index (χ4n) is 2.30. The van der Waals surface area contributed by atoms with Gasteiger partial charge in [0.25, 0.3) is 5.91 Å². The third-order valence-electron chi connectivity index (χ3n) is 4.24. The number of hydrogen-bond acceptors (Lipinski definition) is 4. The van der Waals surface area contributed by atoms with Crippen LogP contribution in [0.1, 0.15) is 18.1 Å². The summed E-state index contributed by atoms with van der Waals surface area (Å²) in [6, 6.07) is 12.3. The number of benzene rings is 2. The number of aryl methyl sites for hydroxylation is 1. The molecule has 7 heteroatoms. The smallest absolute Gasteiger partial charge is 0.265 e. The molecule has 0 bridgehead atoms. The molecule has 26 heavy (non-hydrogen) atoms. The molecule has 2 rings (SSSR count). The number of anilines is 2. The van der Waals surface area contributed by atoms with Gasteiger partial charge < -0.3 is 10.1 Å². The van der Waals surface area contributed by atoms with Gasteiger partial charge in [-0.25, -0.2) is 8.42 Å². The number of carbonyl (C=O) groups is 1. The minimum atomic E-state index is -3.32. The summed E-state index contributed by atoms with van der Waals surface area (Å²) < 4.78 is 29.9. The molecule has 1 atom stereocenters. The molecule has 0 spiro atoms. The van der Waals surface area contributed by atoms with Crippen LogP contribution in [0.15, 0.2) is 42.5 Å². The normalized spacial score (nSPS) is 12.3. The number of nitrogens with zero attached hydrogens (tertiary/aromatic N) is 1. The number of nitrogens with one attached hydrogen (secondary N) is 1. The van der Waals surface area contributed by atoms with Gasteiger partial charge in [0.1, 0.15) is 5.75 Å². The average molecular weight is 376 g/mol. The lowest BCUT2D eigenvalue weighted by molar-refractivity contribution is -0.122. The van der Waals surface area contributed by atoms with Crippen molar-refractivity contribution >= 4 is 27.3 Å². The predicted octanol–water partition coefficient (Wildman–Crippen LogP) is 3.11. The molecule has 0 heterocycles. The largest absolute Gasteiger partial charge is 0.481 e. The molecule has 0 aromatic heterocycles. The van der Waals surface area contributed by atoms with E-state index >= 15 is 0 Å². The van der Waals surface area contributed by atoms with Crippen molar-refractivity contribution in [1.29, 1.82) is 0 Å². The lowest BCUT2D eigenvalue weighted by atomic mass is 10.1. The van der Waals surface area contributed by atoms with Crippen molar-refractivity contribution in [2.24, 2.45) is 0 Å². The van der Waals surface area contributed by atoms with Gasteiger partial charge in [0.2, 0.25) is 10.0 Å². The Morgan fingerprint density at radius 3 is 2.31 bits per heavy atom. The quantitative estimate of drug-likeness (QED) is 0.840. The maximum atomic E-state index is 12.4. The number of sulfonamides is 1. The topological polar surface area (TPSA) is 75.7 Å². The molecular formula is C19H24N2O4S. The summed E-state index contributed by atoms with van der Waals surface area (Å²) in [5.41, 5.74) is 3.39. The van der Waals surface area contributed by atoms with E-state index in [9.17, 15) is 13.2 Å². The maximum absolute atomic E-state index is 12.4. The minimum Gasteiger partial charge on any atom is -0.481 e. The van der Waals surface area contributed by atoms with E-state index in [1.165, 1.54) is 11.4 Å². The Kier molecular flexibility index (Phi) is 5.92.